The molecule has 547 valence electrons. The van der Waals surface area contributed by atoms with Gasteiger partial charge in [0.25, 0.3) is 0 Å². The normalized spacial score (nSPS) is 23.0. The number of benzene rings is 6. The Morgan fingerprint density at radius 1 is 0.476 bits per heavy atom. The van der Waals surface area contributed by atoms with Crippen molar-refractivity contribution in [2.24, 2.45) is 0 Å². The molecule has 103 heavy (non-hydrogen) atoms. The van der Waals surface area contributed by atoms with E-state index in [2.05, 4.69) is 72.1 Å². The molecular weight excluding hydrogens is 1350 g/mol. The summed E-state index contributed by atoms with van der Waals surface area (Å²) in [4.78, 5) is 64.6. The van der Waals surface area contributed by atoms with Gasteiger partial charge in [0.15, 0.2) is 0 Å². The molecule has 8 heterocycles. The van der Waals surface area contributed by atoms with Gasteiger partial charge in [-0.15, -0.1) is 0 Å². The number of amides is 4. The van der Waals surface area contributed by atoms with Gasteiger partial charge in [-0.1, -0.05) is 102 Å². The van der Waals surface area contributed by atoms with Gasteiger partial charge in [0.1, 0.15) is 28.7 Å². The number of likely N-dealkylation sites (tertiary alicyclic amines) is 3. The lowest BCUT2D eigenvalue weighted by molar-refractivity contribution is -0.131. The Morgan fingerprint density at radius 3 is 1.27 bits per heavy atom. The molecule has 8 bridgehead atoms. The minimum atomic E-state index is -0.632. The van der Waals surface area contributed by atoms with Crippen LogP contribution in [-0.4, -0.2) is 174 Å². The summed E-state index contributed by atoms with van der Waals surface area (Å²) in [6, 6.07) is 43.1. The summed E-state index contributed by atoms with van der Waals surface area (Å²) >= 11 is 12.3. The summed E-state index contributed by atoms with van der Waals surface area (Å²) in [5.74, 6) is -0.593. The molecule has 8 atom stereocenters. The van der Waals surface area contributed by atoms with E-state index < -0.39 is 23.4 Å². The third-order valence-corrected chi connectivity index (χ3v) is 20.6. The molecule has 8 unspecified atom stereocenters. The summed E-state index contributed by atoms with van der Waals surface area (Å²) in [5.41, 5.74) is 7.17. The molecule has 0 spiro atoms. The zero-order valence-electron chi connectivity index (χ0n) is 60.4. The largest absolute Gasteiger partial charge is 0.444 e. The molecule has 16 nitrogen and oxygen atoms in total. The van der Waals surface area contributed by atoms with Crippen LogP contribution in [0.5, 0.6) is 0 Å². The van der Waals surface area contributed by atoms with Crippen molar-refractivity contribution >= 4 is 79.1 Å². The molecule has 6 aromatic rings. The van der Waals surface area contributed by atoms with Crippen LogP contribution in [0.15, 0.2) is 146 Å². The summed E-state index contributed by atoms with van der Waals surface area (Å²) < 4.78 is 49.5. The van der Waals surface area contributed by atoms with Gasteiger partial charge in [0, 0.05) is 157 Å². The number of hydrogen-bond donors (Lipinski definition) is 4. The molecule has 0 saturated carbocycles. The topological polar surface area (TPSA) is 154 Å². The smallest absolute Gasteiger partial charge is 0.412 e. The fourth-order valence-electron chi connectivity index (χ4n) is 15.4. The summed E-state index contributed by atoms with van der Waals surface area (Å²) in [5, 5.41) is 13.5. The van der Waals surface area contributed by atoms with Crippen LogP contribution in [0, 0.1) is 24.4 Å². The van der Waals surface area contributed by atoms with E-state index in [-0.39, 0.29) is 49.8 Å². The first kappa shape index (κ1) is 78.1. The van der Waals surface area contributed by atoms with Crippen molar-refractivity contribution in [3.8, 4) is 0 Å². The zero-order chi connectivity index (χ0) is 72.2. The molecule has 4 amide bonds. The fraction of sp³-hybridized carbons (Fsp3) is 0.457. The minimum absolute atomic E-state index is 0. The van der Waals surface area contributed by atoms with E-state index >= 15 is 0 Å². The predicted octanol–water partition coefficient (Wildman–Crippen LogP) is 14.7. The van der Waals surface area contributed by atoms with E-state index in [1.165, 1.54) is 60.1 Å². The maximum absolute atomic E-state index is 13.2. The van der Waals surface area contributed by atoms with Crippen molar-refractivity contribution < 1.29 is 41.8 Å². The maximum atomic E-state index is 13.2. The molecule has 0 aliphatic carbocycles. The van der Waals surface area contributed by atoms with Gasteiger partial charge in [-0.2, -0.15) is 0 Å². The number of aryl methyl sites for hydroxylation is 1. The van der Waals surface area contributed by atoms with Crippen LogP contribution in [0.25, 0.3) is 12.2 Å². The number of halogens is 5. The van der Waals surface area contributed by atoms with Gasteiger partial charge < -0.3 is 29.9 Å². The Kier molecular flexibility index (Phi) is 26.9. The number of nitrogens with one attached hydrogen (secondary N) is 4. The van der Waals surface area contributed by atoms with Crippen LogP contribution in [0.1, 0.15) is 132 Å². The molecule has 6 aromatic carbocycles. The van der Waals surface area contributed by atoms with Crippen LogP contribution in [0.3, 0.4) is 0 Å². The quantitative estimate of drug-likeness (QED) is 0.0606. The Morgan fingerprint density at radius 2 is 0.845 bits per heavy atom. The van der Waals surface area contributed by atoms with Gasteiger partial charge in [0.05, 0.1) is 11.4 Å². The lowest BCUT2D eigenvalue weighted by atomic mass is 10.1. The number of carbonyl (C=O) groups is 4. The van der Waals surface area contributed by atoms with Crippen molar-refractivity contribution in [1.29, 1.82) is 0 Å². The van der Waals surface area contributed by atoms with Crippen LogP contribution in [0.2, 0.25) is 10.0 Å². The third kappa shape index (κ3) is 22.7. The van der Waals surface area contributed by atoms with Crippen molar-refractivity contribution in [3.05, 3.63) is 212 Å². The fourth-order valence-corrected chi connectivity index (χ4v) is 15.7. The van der Waals surface area contributed by atoms with Crippen molar-refractivity contribution in [3.63, 3.8) is 0 Å². The van der Waals surface area contributed by atoms with E-state index in [1.54, 1.807) is 127 Å². The highest BCUT2D eigenvalue weighted by Gasteiger charge is 2.43. The molecule has 3 radical (unpaired) electrons. The van der Waals surface area contributed by atoms with Crippen molar-refractivity contribution in [2.75, 3.05) is 63.0 Å². The lowest BCUT2D eigenvalue weighted by Gasteiger charge is -2.40. The standard InChI is InChI=1S/C28H34ClN3O3.C27H31ClFN3O3.2C13H17FN2.B/c1-19-5-7-20(8-6-19)16-32-23-12-13-24(32)18-31(17-23)26(33)14-10-21-9-11-22(29)15-25(21)30-27(34)35-28(2,3)4;1-27(2,3)35-26(34)30-24-14-20(28)8-6-19(24)7-13-25(33)32-22-11-12-23(32)17-31(16-22)15-18-4-9-21(29)10-5-18;14-11-3-1-10(2-4-11)9-16-12-5-6-13(16)8-15-7-12;14-11-3-1-10(2-4-11)7-16-8-12-5-6-13(9-16)15-12;/h5-11,14-15,23-24H,12-13,16-18H2,1-4H3,(H,30,34);4-10,13-14,22-23H,11-12,15-17H2,1-3H3,(H,30,34);2*1-4,12-13,15H,5-9H2;/b14-10+;13-7+;;;. The summed E-state index contributed by atoms with van der Waals surface area (Å²) in [6.07, 6.45) is 14.8. The SMILES string of the molecule is CC(C)(C)OC(=O)Nc1cc(Cl)ccc1/C=C/C(=O)N1C2CCC1CN(Cc1ccc(F)cc1)C2.Cc1ccc(CN2C3CCC2CN(C(=O)/C=C/c2ccc(Cl)cc2NC(=O)OC(C)(C)C)C3)cc1.Fc1ccc(CN2C3CCC2CNC3)cc1.Fc1ccc(CN2CC3CCC(C2)N3)cc1.[B]. The molecule has 22 heteroatoms. The maximum Gasteiger partial charge on any atom is 0.412 e. The number of ether oxygens (including phenoxy) is 2. The second-order valence-corrected chi connectivity index (χ2v) is 31.3. The van der Waals surface area contributed by atoms with Gasteiger partial charge >= 0.3 is 12.2 Å². The molecule has 0 aromatic heterocycles. The van der Waals surface area contributed by atoms with E-state index in [9.17, 15) is 32.3 Å². The third-order valence-electron chi connectivity index (χ3n) is 20.1. The first-order valence-corrected chi connectivity index (χ1v) is 36.8. The molecule has 8 fully saturated rings. The highest BCUT2D eigenvalue weighted by molar-refractivity contribution is 6.31. The highest BCUT2D eigenvalue weighted by atomic mass is 35.5. The second kappa shape index (κ2) is 35.5. The number of hydrogen-bond acceptors (Lipinski definition) is 12. The van der Waals surface area contributed by atoms with Crippen molar-refractivity contribution in [2.45, 2.75) is 186 Å². The van der Waals surface area contributed by atoms with Gasteiger partial charge in [-0.3, -0.25) is 39.8 Å². The van der Waals surface area contributed by atoms with Crippen molar-refractivity contribution in [1.82, 2.24) is 40.0 Å². The molecule has 8 aliphatic heterocycles. The van der Waals surface area contributed by atoms with Crippen LogP contribution >= 0.6 is 23.2 Å². The molecule has 8 aliphatic rings. The summed E-state index contributed by atoms with van der Waals surface area (Å²) in [7, 11) is 0. The lowest BCUT2D eigenvalue weighted by Crippen LogP contribution is -2.55. The second-order valence-electron chi connectivity index (χ2n) is 30.4. The van der Waals surface area contributed by atoms with E-state index in [4.69, 9.17) is 32.7 Å². The van der Waals surface area contributed by atoms with E-state index in [0.717, 1.165) is 110 Å². The Balaban J connectivity index is 0.000000156. The monoisotopic (exact) mass is 1450 g/mol. The zero-order valence-corrected chi connectivity index (χ0v) is 61.9. The molecular formula is C81H99BCl2F3N10O6. The molecule has 14 rings (SSSR count). The average molecular weight is 1450 g/mol. The number of rotatable bonds is 14. The average Bonchev–Trinajstić information content (AvgIpc) is 1.68. The molecule has 4 N–H and O–H groups in total. The number of anilines is 2. The number of fused-ring (bicyclic) bond motifs is 8. The number of nitrogens with zero attached hydrogens (tertiary/aromatic N) is 6. The van der Waals surface area contributed by atoms with E-state index in [0.29, 0.717) is 68.8 Å². The number of piperazine rings is 4. The highest BCUT2D eigenvalue weighted by Crippen LogP contribution is 2.35. The predicted molar refractivity (Wildman–Crippen MR) is 405 cm³/mol. The van der Waals surface area contributed by atoms with Crippen LogP contribution in [-0.2, 0) is 45.2 Å². The Bertz CT molecular complexity index is 3840. The molecule has 8 saturated heterocycles. The van der Waals surface area contributed by atoms with Gasteiger partial charge in [0.2, 0.25) is 11.8 Å². The Hall–Kier alpha value is -7.53. The van der Waals surface area contributed by atoms with Crippen LogP contribution < -0.4 is 21.3 Å². The van der Waals surface area contributed by atoms with Gasteiger partial charge in [-0.05, 0) is 206 Å². The first-order valence-electron chi connectivity index (χ1n) is 36.1. The Labute approximate surface area is 618 Å². The van der Waals surface area contributed by atoms with E-state index in [1.807, 2.05) is 46.2 Å². The first-order chi connectivity index (χ1) is 48.8. The summed E-state index contributed by atoms with van der Waals surface area (Å²) in [6.45, 7) is 24.0. The van der Waals surface area contributed by atoms with Gasteiger partial charge in [-0.25, -0.2) is 22.8 Å². The number of carbonyl (C=O) groups excluding carboxylic acids is 4. The van der Waals surface area contributed by atoms with Crippen LogP contribution in [0.4, 0.5) is 34.1 Å². The minimum Gasteiger partial charge on any atom is -0.444 e.